The summed E-state index contributed by atoms with van der Waals surface area (Å²) in [6.07, 6.45) is 3.62. The zero-order valence-corrected chi connectivity index (χ0v) is 11.9. The second-order valence-corrected chi connectivity index (χ2v) is 5.86. The van der Waals surface area contributed by atoms with Crippen molar-refractivity contribution in [3.63, 3.8) is 0 Å². The maximum Gasteiger partial charge on any atom is 0.270 e. The van der Waals surface area contributed by atoms with Crippen molar-refractivity contribution in [2.24, 2.45) is 11.8 Å². The van der Waals surface area contributed by atoms with E-state index in [9.17, 15) is 9.90 Å². The van der Waals surface area contributed by atoms with Gasteiger partial charge in [0.1, 0.15) is 5.69 Å². The SMILES string of the molecule is COCCn1cccc1C(=O)N1CC2CCC(O)C2C1. The highest BCUT2D eigenvalue weighted by Crippen LogP contribution is 2.38. The van der Waals surface area contributed by atoms with Crippen molar-refractivity contribution in [2.45, 2.75) is 25.5 Å². The van der Waals surface area contributed by atoms with Crippen LogP contribution in [0.3, 0.4) is 0 Å². The van der Waals surface area contributed by atoms with Crippen LogP contribution >= 0.6 is 0 Å². The molecular weight excluding hydrogens is 256 g/mol. The van der Waals surface area contributed by atoms with Crippen molar-refractivity contribution in [3.8, 4) is 0 Å². The number of rotatable bonds is 4. The quantitative estimate of drug-likeness (QED) is 0.893. The van der Waals surface area contributed by atoms with E-state index >= 15 is 0 Å². The monoisotopic (exact) mass is 278 g/mol. The standard InChI is InChI=1S/C15H22N2O3/c1-20-8-7-16-6-2-3-13(16)15(19)17-9-11-4-5-14(18)12(11)10-17/h2-3,6,11-12,14,18H,4-5,7-10H2,1H3. The summed E-state index contributed by atoms with van der Waals surface area (Å²) in [5.41, 5.74) is 0.719. The van der Waals surface area contributed by atoms with E-state index in [1.54, 1.807) is 7.11 Å². The van der Waals surface area contributed by atoms with Gasteiger partial charge in [-0.05, 0) is 30.9 Å². The summed E-state index contributed by atoms with van der Waals surface area (Å²) in [6.45, 7) is 2.77. The molecule has 3 rings (SSSR count). The zero-order chi connectivity index (χ0) is 14.1. The number of amides is 1. The van der Waals surface area contributed by atoms with E-state index in [1.807, 2.05) is 27.8 Å². The van der Waals surface area contributed by atoms with E-state index in [2.05, 4.69) is 0 Å². The van der Waals surface area contributed by atoms with Crippen LogP contribution in [0.4, 0.5) is 0 Å². The number of aliphatic hydroxyl groups excluding tert-OH is 1. The van der Waals surface area contributed by atoms with Gasteiger partial charge in [0.25, 0.3) is 5.91 Å². The lowest BCUT2D eigenvalue weighted by atomic mass is 10.00. The third-order valence-corrected chi connectivity index (χ3v) is 4.69. The molecule has 1 aliphatic carbocycles. The lowest BCUT2D eigenvalue weighted by molar-refractivity contribution is 0.0739. The molecule has 5 nitrogen and oxygen atoms in total. The maximum atomic E-state index is 12.6. The Labute approximate surface area is 119 Å². The highest BCUT2D eigenvalue weighted by Gasteiger charge is 2.43. The Bertz CT molecular complexity index is 485. The number of likely N-dealkylation sites (tertiary alicyclic amines) is 1. The fourth-order valence-electron chi connectivity index (χ4n) is 3.56. The molecular formula is C15H22N2O3. The molecule has 1 N–H and O–H groups in total. The van der Waals surface area contributed by atoms with Gasteiger partial charge in [0.2, 0.25) is 0 Å². The lowest BCUT2D eigenvalue weighted by Gasteiger charge is -2.19. The van der Waals surface area contributed by atoms with Gasteiger partial charge in [-0.15, -0.1) is 0 Å². The summed E-state index contributed by atoms with van der Waals surface area (Å²) >= 11 is 0. The Kier molecular flexibility index (Phi) is 3.81. The minimum Gasteiger partial charge on any atom is -0.393 e. The van der Waals surface area contributed by atoms with Gasteiger partial charge >= 0.3 is 0 Å². The topological polar surface area (TPSA) is 54.7 Å². The Morgan fingerprint density at radius 1 is 1.45 bits per heavy atom. The maximum absolute atomic E-state index is 12.6. The number of ether oxygens (including phenoxy) is 1. The van der Waals surface area contributed by atoms with Gasteiger partial charge in [-0.1, -0.05) is 0 Å². The summed E-state index contributed by atoms with van der Waals surface area (Å²) in [5.74, 6) is 0.838. The van der Waals surface area contributed by atoms with E-state index in [0.717, 1.165) is 25.1 Å². The smallest absolute Gasteiger partial charge is 0.270 e. The molecule has 2 fully saturated rings. The molecule has 3 atom stereocenters. The highest BCUT2D eigenvalue weighted by molar-refractivity contribution is 5.93. The van der Waals surface area contributed by atoms with Gasteiger partial charge < -0.3 is 19.3 Å². The molecule has 1 saturated heterocycles. The second-order valence-electron chi connectivity index (χ2n) is 5.86. The molecule has 1 aromatic heterocycles. The number of nitrogens with zero attached hydrogens (tertiary/aromatic N) is 2. The first-order valence-electron chi connectivity index (χ1n) is 7.32. The minimum absolute atomic E-state index is 0.0766. The van der Waals surface area contributed by atoms with Crippen LogP contribution < -0.4 is 0 Å². The summed E-state index contributed by atoms with van der Waals surface area (Å²) in [5, 5.41) is 9.94. The van der Waals surface area contributed by atoms with Crippen molar-refractivity contribution in [1.29, 1.82) is 0 Å². The van der Waals surface area contributed by atoms with E-state index in [1.165, 1.54) is 0 Å². The molecule has 1 amide bonds. The summed E-state index contributed by atoms with van der Waals surface area (Å²) in [7, 11) is 1.66. The number of aromatic nitrogens is 1. The van der Waals surface area contributed by atoms with Crippen LogP contribution in [0.25, 0.3) is 0 Å². The Morgan fingerprint density at radius 2 is 2.30 bits per heavy atom. The van der Waals surface area contributed by atoms with E-state index in [0.29, 0.717) is 25.6 Å². The fraction of sp³-hybridized carbons (Fsp3) is 0.667. The van der Waals surface area contributed by atoms with Crippen LogP contribution in [0.5, 0.6) is 0 Å². The highest BCUT2D eigenvalue weighted by atomic mass is 16.5. The number of hydrogen-bond donors (Lipinski definition) is 1. The summed E-state index contributed by atoms with van der Waals surface area (Å²) < 4.78 is 7.01. The molecule has 0 radical (unpaired) electrons. The normalized spacial score (nSPS) is 28.9. The van der Waals surface area contributed by atoms with Crippen LogP contribution in [0.1, 0.15) is 23.3 Å². The first-order valence-corrected chi connectivity index (χ1v) is 7.32. The third kappa shape index (κ3) is 2.36. The first-order chi connectivity index (χ1) is 9.70. The summed E-state index contributed by atoms with van der Waals surface area (Å²) in [6, 6.07) is 3.76. The Hall–Kier alpha value is -1.33. The molecule has 1 saturated carbocycles. The molecule has 20 heavy (non-hydrogen) atoms. The fourth-order valence-corrected chi connectivity index (χ4v) is 3.56. The largest absolute Gasteiger partial charge is 0.393 e. The van der Waals surface area contributed by atoms with Crippen molar-refractivity contribution < 1.29 is 14.6 Å². The molecule has 1 aromatic rings. The molecule has 0 spiro atoms. The molecule has 2 aliphatic rings. The van der Waals surface area contributed by atoms with Crippen molar-refractivity contribution in [1.82, 2.24) is 9.47 Å². The van der Waals surface area contributed by atoms with E-state index < -0.39 is 0 Å². The van der Waals surface area contributed by atoms with Gasteiger partial charge in [-0.3, -0.25) is 4.79 Å². The van der Waals surface area contributed by atoms with Gasteiger partial charge in [-0.25, -0.2) is 0 Å². The lowest BCUT2D eigenvalue weighted by Crippen LogP contribution is -2.32. The zero-order valence-electron chi connectivity index (χ0n) is 11.9. The van der Waals surface area contributed by atoms with Crippen molar-refractivity contribution in [3.05, 3.63) is 24.0 Å². The van der Waals surface area contributed by atoms with Crippen LogP contribution in [0.15, 0.2) is 18.3 Å². The number of carbonyl (C=O) groups excluding carboxylic acids is 1. The molecule has 1 aliphatic heterocycles. The predicted octanol–water partition coefficient (Wildman–Crippen LogP) is 0.977. The van der Waals surface area contributed by atoms with Gasteiger partial charge in [0.15, 0.2) is 0 Å². The van der Waals surface area contributed by atoms with Gasteiger partial charge in [-0.2, -0.15) is 0 Å². The van der Waals surface area contributed by atoms with Crippen LogP contribution in [-0.2, 0) is 11.3 Å². The molecule has 110 valence electrons. The van der Waals surface area contributed by atoms with Gasteiger partial charge in [0, 0.05) is 38.9 Å². The minimum atomic E-state index is -0.224. The van der Waals surface area contributed by atoms with E-state index in [4.69, 9.17) is 4.74 Å². The predicted molar refractivity (Wildman–Crippen MR) is 74.4 cm³/mol. The number of aliphatic hydroxyl groups is 1. The molecule has 2 heterocycles. The summed E-state index contributed by atoms with van der Waals surface area (Å²) in [4.78, 5) is 14.5. The molecule has 0 aromatic carbocycles. The van der Waals surface area contributed by atoms with Crippen molar-refractivity contribution >= 4 is 5.91 Å². The van der Waals surface area contributed by atoms with E-state index in [-0.39, 0.29) is 17.9 Å². The second kappa shape index (κ2) is 5.58. The Morgan fingerprint density at radius 3 is 3.05 bits per heavy atom. The van der Waals surface area contributed by atoms with Crippen LogP contribution in [0.2, 0.25) is 0 Å². The molecule has 5 heteroatoms. The molecule has 0 bridgehead atoms. The molecule has 3 unspecified atom stereocenters. The number of carbonyl (C=O) groups is 1. The number of hydrogen-bond acceptors (Lipinski definition) is 3. The Balaban J connectivity index is 1.69. The number of methoxy groups -OCH3 is 1. The first kappa shape index (κ1) is 13.6. The number of fused-ring (bicyclic) bond motifs is 1. The van der Waals surface area contributed by atoms with Crippen LogP contribution in [-0.4, -0.2) is 53.4 Å². The van der Waals surface area contributed by atoms with Gasteiger partial charge in [0.05, 0.1) is 12.7 Å². The third-order valence-electron chi connectivity index (χ3n) is 4.69. The van der Waals surface area contributed by atoms with Crippen LogP contribution in [0, 0.1) is 11.8 Å². The average Bonchev–Trinajstić information content (AvgIpc) is 3.13. The van der Waals surface area contributed by atoms with Crippen molar-refractivity contribution in [2.75, 3.05) is 26.8 Å². The average molecular weight is 278 g/mol.